The van der Waals surface area contributed by atoms with E-state index in [0.29, 0.717) is 0 Å². The van der Waals surface area contributed by atoms with E-state index < -0.39 is 0 Å². The van der Waals surface area contributed by atoms with Gasteiger partial charge < -0.3 is 4.98 Å². The first-order valence-electron chi connectivity index (χ1n) is 4.03. The highest BCUT2D eigenvalue weighted by Crippen LogP contribution is 2.17. The highest BCUT2D eigenvalue weighted by atomic mass is 79.9. The van der Waals surface area contributed by atoms with E-state index in [4.69, 9.17) is 0 Å². The van der Waals surface area contributed by atoms with Crippen LogP contribution in [-0.4, -0.2) is 9.97 Å². The summed E-state index contributed by atoms with van der Waals surface area (Å²) in [4.78, 5) is 7.52. The summed E-state index contributed by atoms with van der Waals surface area (Å²) in [7, 11) is 0. The monoisotopic (exact) mass is 236 g/mol. The third-order valence-corrected chi connectivity index (χ3v) is 2.30. The molecule has 0 unspecified atom stereocenters. The molecule has 0 bridgehead atoms. The fourth-order valence-electron chi connectivity index (χ4n) is 1.19. The Kier molecular flexibility index (Phi) is 2.19. The van der Waals surface area contributed by atoms with E-state index in [1.165, 1.54) is 0 Å². The lowest BCUT2D eigenvalue weighted by Gasteiger charge is -1.96. The second-order valence-corrected chi connectivity index (χ2v) is 3.83. The van der Waals surface area contributed by atoms with Crippen molar-refractivity contribution in [2.75, 3.05) is 0 Å². The largest absolute Gasteiger partial charge is 0.357 e. The van der Waals surface area contributed by atoms with E-state index in [9.17, 15) is 0 Å². The second-order valence-electron chi connectivity index (χ2n) is 2.92. The molecule has 2 aromatic rings. The van der Waals surface area contributed by atoms with E-state index in [1.807, 2.05) is 31.2 Å². The van der Waals surface area contributed by atoms with Gasteiger partial charge in [-0.15, -0.1) is 0 Å². The average Bonchev–Trinajstić information content (AvgIpc) is 2.53. The molecule has 0 saturated carbocycles. The Morgan fingerprint density at radius 1 is 1.23 bits per heavy atom. The van der Waals surface area contributed by atoms with Crippen LogP contribution in [0.15, 0.2) is 34.9 Å². The summed E-state index contributed by atoms with van der Waals surface area (Å²) in [6.45, 7) is 2.03. The summed E-state index contributed by atoms with van der Waals surface area (Å²) in [5.41, 5.74) is 3.18. The van der Waals surface area contributed by atoms with Crippen molar-refractivity contribution in [2.45, 2.75) is 6.92 Å². The number of pyridine rings is 1. The van der Waals surface area contributed by atoms with E-state index >= 15 is 0 Å². The number of hydrogen-bond acceptors (Lipinski definition) is 1. The summed E-state index contributed by atoms with van der Waals surface area (Å²) < 4.78 is 1.000. The van der Waals surface area contributed by atoms with Crippen LogP contribution in [0.1, 0.15) is 5.69 Å². The summed E-state index contributed by atoms with van der Waals surface area (Å²) in [5.74, 6) is 0. The molecule has 0 spiro atoms. The molecule has 3 heteroatoms. The molecule has 2 heterocycles. The minimum atomic E-state index is 0.969. The van der Waals surface area contributed by atoms with Gasteiger partial charge in [-0.25, -0.2) is 0 Å². The molecule has 0 atom stereocenters. The van der Waals surface area contributed by atoms with Crippen molar-refractivity contribution in [3.63, 3.8) is 0 Å². The van der Waals surface area contributed by atoms with Gasteiger partial charge in [-0.2, -0.15) is 0 Å². The van der Waals surface area contributed by atoms with Crippen molar-refractivity contribution >= 4 is 15.9 Å². The molecule has 2 aromatic heterocycles. The average molecular weight is 237 g/mol. The topological polar surface area (TPSA) is 28.7 Å². The van der Waals surface area contributed by atoms with Gasteiger partial charge in [0.1, 0.15) is 0 Å². The first-order valence-corrected chi connectivity index (χ1v) is 4.82. The maximum Gasteiger partial charge on any atom is 0.0865 e. The van der Waals surface area contributed by atoms with E-state index in [2.05, 4.69) is 25.9 Å². The van der Waals surface area contributed by atoms with Crippen molar-refractivity contribution in [3.05, 3.63) is 40.6 Å². The highest BCUT2D eigenvalue weighted by molar-refractivity contribution is 9.10. The molecule has 2 nitrogen and oxygen atoms in total. The number of hydrogen-bond donors (Lipinski definition) is 1. The van der Waals surface area contributed by atoms with Crippen molar-refractivity contribution in [3.8, 4) is 11.4 Å². The fraction of sp³-hybridized carbons (Fsp3) is 0.100. The second kappa shape index (κ2) is 3.34. The molecule has 2 rings (SSSR count). The highest BCUT2D eigenvalue weighted by Gasteiger charge is 1.99. The van der Waals surface area contributed by atoms with Crippen molar-refractivity contribution in [2.24, 2.45) is 0 Å². The number of rotatable bonds is 1. The molecule has 0 amide bonds. The summed E-state index contributed by atoms with van der Waals surface area (Å²) in [6.07, 6.45) is 1.80. The van der Waals surface area contributed by atoms with Gasteiger partial charge in [0.05, 0.1) is 11.4 Å². The predicted octanol–water partition coefficient (Wildman–Crippen LogP) is 3.15. The Morgan fingerprint density at radius 2 is 2.08 bits per heavy atom. The molecule has 0 aliphatic rings. The van der Waals surface area contributed by atoms with Crippen LogP contribution in [0.3, 0.4) is 0 Å². The van der Waals surface area contributed by atoms with E-state index in [0.717, 1.165) is 21.6 Å². The van der Waals surface area contributed by atoms with E-state index in [-0.39, 0.29) is 0 Å². The van der Waals surface area contributed by atoms with Crippen LogP contribution in [0.25, 0.3) is 11.4 Å². The number of nitrogens with one attached hydrogen (secondary N) is 1. The van der Waals surface area contributed by atoms with Crippen LogP contribution >= 0.6 is 15.9 Å². The normalized spacial score (nSPS) is 10.3. The lowest BCUT2D eigenvalue weighted by Crippen LogP contribution is -1.82. The Balaban J connectivity index is 2.41. The number of nitrogens with zero attached hydrogens (tertiary/aromatic N) is 1. The quantitative estimate of drug-likeness (QED) is 0.810. The third kappa shape index (κ3) is 1.80. The van der Waals surface area contributed by atoms with Crippen molar-refractivity contribution in [1.29, 1.82) is 0 Å². The predicted molar refractivity (Wildman–Crippen MR) is 56.5 cm³/mol. The Morgan fingerprint density at radius 3 is 2.62 bits per heavy atom. The zero-order valence-electron chi connectivity index (χ0n) is 7.21. The SMILES string of the molecule is Cc1ccc(-c2ccc(Br)cn2)[nH]1. The maximum absolute atomic E-state index is 4.28. The maximum atomic E-state index is 4.28. The van der Waals surface area contributed by atoms with Crippen LogP contribution in [0.2, 0.25) is 0 Å². The molecular weight excluding hydrogens is 228 g/mol. The lowest BCUT2D eigenvalue weighted by molar-refractivity contribution is 1.22. The standard InChI is InChI=1S/C10H9BrN2/c1-7-2-4-10(13-7)9-5-3-8(11)6-12-9/h2-6,13H,1H3. The molecule has 0 radical (unpaired) electrons. The van der Waals surface area contributed by atoms with Crippen LogP contribution < -0.4 is 0 Å². The summed E-state index contributed by atoms with van der Waals surface area (Å²) in [5, 5.41) is 0. The molecule has 0 saturated heterocycles. The number of H-pyrrole nitrogens is 1. The Labute approximate surface area is 85.1 Å². The van der Waals surface area contributed by atoms with Crippen molar-refractivity contribution in [1.82, 2.24) is 9.97 Å². The molecule has 13 heavy (non-hydrogen) atoms. The minimum Gasteiger partial charge on any atom is -0.357 e. The number of halogens is 1. The fourth-order valence-corrected chi connectivity index (χ4v) is 1.42. The molecule has 0 aliphatic carbocycles. The van der Waals surface area contributed by atoms with Gasteiger partial charge in [0.15, 0.2) is 0 Å². The van der Waals surface area contributed by atoms with Gasteiger partial charge in [-0.1, -0.05) is 0 Å². The van der Waals surface area contributed by atoms with Gasteiger partial charge in [0, 0.05) is 16.4 Å². The molecular formula is C10H9BrN2. The van der Waals surface area contributed by atoms with Gasteiger partial charge in [-0.3, -0.25) is 4.98 Å². The first kappa shape index (κ1) is 8.51. The minimum absolute atomic E-state index is 0.969. The number of aromatic amines is 1. The van der Waals surface area contributed by atoms with Crippen molar-refractivity contribution < 1.29 is 0 Å². The first-order chi connectivity index (χ1) is 6.25. The zero-order chi connectivity index (χ0) is 9.26. The zero-order valence-corrected chi connectivity index (χ0v) is 8.80. The summed E-state index contributed by atoms with van der Waals surface area (Å²) >= 11 is 3.35. The smallest absolute Gasteiger partial charge is 0.0865 e. The van der Waals surface area contributed by atoms with Crippen LogP contribution in [-0.2, 0) is 0 Å². The van der Waals surface area contributed by atoms with Crippen LogP contribution in [0.5, 0.6) is 0 Å². The lowest BCUT2D eigenvalue weighted by atomic mass is 10.3. The van der Waals surface area contributed by atoms with Gasteiger partial charge >= 0.3 is 0 Å². The van der Waals surface area contributed by atoms with Gasteiger partial charge in [-0.05, 0) is 47.1 Å². The molecule has 0 aliphatic heterocycles. The number of aryl methyl sites for hydroxylation is 1. The molecule has 0 fully saturated rings. The van der Waals surface area contributed by atoms with Gasteiger partial charge in [0.2, 0.25) is 0 Å². The molecule has 66 valence electrons. The third-order valence-electron chi connectivity index (χ3n) is 1.84. The summed E-state index contributed by atoms with van der Waals surface area (Å²) in [6, 6.07) is 8.04. The number of aromatic nitrogens is 2. The Bertz CT molecular complexity index is 403. The van der Waals surface area contributed by atoms with Crippen LogP contribution in [0.4, 0.5) is 0 Å². The van der Waals surface area contributed by atoms with E-state index in [1.54, 1.807) is 6.20 Å². The Hall–Kier alpha value is -1.09. The van der Waals surface area contributed by atoms with Gasteiger partial charge in [0.25, 0.3) is 0 Å². The molecule has 0 aromatic carbocycles. The van der Waals surface area contributed by atoms with Crippen LogP contribution in [0, 0.1) is 6.92 Å². The molecule has 1 N–H and O–H groups in total.